The van der Waals surface area contributed by atoms with Crippen molar-refractivity contribution >= 4 is 21.6 Å². The number of aromatic amines is 1. The fourth-order valence-electron chi connectivity index (χ4n) is 2.84. The molecule has 0 saturated carbocycles. The molecule has 2 aromatic heterocycles. The maximum atomic E-state index is 4.79. The first-order chi connectivity index (χ1) is 9.88. The summed E-state index contributed by atoms with van der Waals surface area (Å²) in [5.41, 5.74) is 1.14. The molecule has 3 heterocycles. The monoisotopic (exact) mass is 284 g/mol. The predicted octanol–water partition coefficient (Wildman–Crippen LogP) is 3.01. The van der Waals surface area contributed by atoms with Crippen molar-refractivity contribution < 1.29 is 0 Å². The third-order valence-corrected chi connectivity index (χ3v) is 5.06. The van der Waals surface area contributed by atoms with Crippen molar-refractivity contribution in [2.75, 3.05) is 13.1 Å². The Bertz CT molecular complexity index is 671. The van der Waals surface area contributed by atoms with Crippen LogP contribution < -0.4 is 0 Å². The molecule has 0 amide bonds. The summed E-state index contributed by atoms with van der Waals surface area (Å²) in [6, 6.07) is 8.41. The Morgan fingerprint density at radius 3 is 3.15 bits per heavy atom. The fraction of sp³-hybridized carbons (Fsp3) is 0.333. The number of hydrogen-bond acceptors (Lipinski definition) is 4. The molecule has 3 aromatic rings. The Morgan fingerprint density at radius 1 is 1.35 bits per heavy atom. The van der Waals surface area contributed by atoms with Crippen LogP contribution in [-0.4, -0.2) is 32.9 Å². The molecule has 1 aliphatic heterocycles. The zero-order valence-electron chi connectivity index (χ0n) is 11.1. The van der Waals surface area contributed by atoms with Crippen LogP contribution in [0.5, 0.6) is 0 Å². The number of rotatable bonds is 3. The van der Waals surface area contributed by atoms with Gasteiger partial charge in [0.1, 0.15) is 5.82 Å². The van der Waals surface area contributed by atoms with Crippen LogP contribution in [0.2, 0.25) is 0 Å². The summed E-state index contributed by atoms with van der Waals surface area (Å²) in [4.78, 5) is 14.7. The molecule has 102 valence electrons. The highest BCUT2D eigenvalue weighted by Crippen LogP contribution is 2.33. The molecule has 1 saturated heterocycles. The molecule has 1 unspecified atom stereocenters. The van der Waals surface area contributed by atoms with Crippen LogP contribution in [0.1, 0.15) is 23.2 Å². The number of benzene rings is 1. The average molecular weight is 284 g/mol. The molecule has 1 aliphatic rings. The molecular formula is C15H16N4S. The summed E-state index contributed by atoms with van der Waals surface area (Å²) in [5.74, 6) is 1.62. The largest absolute Gasteiger partial charge is 0.348 e. The van der Waals surface area contributed by atoms with Crippen molar-refractivity contribution in [1.82, 2.24) is 19.9 Å². The van der Waals surface area contributed by atoms with E-state index in [1.54, 1.807) is 0 Å². The SMILES string of the molecule is c1ccc2sc(C3CCN(Cc4ncc[nH]4)C3)nc2c1. The van der Waals surface area contributed by atoms with Crippen LogP contribution in [-0.2, 0) is 6.54 Å². The fourth-order valence-corrected chi connectivity index (χ4v) is 3.93. The first-order valence-electron chi connectivity index (χ1n) is 6.94. The Hall–Kier alpha value is -1.72. The molecule has 0 aliphatic carbocycles. The molecule has 5 heteroatoms. The van der Waals surface area contributed by atoms with Gasteiger partial charge in [-0.25, -0.2) is 9.97 Å². The molecule has 0 bridgehead atoms. The van der Waals surface area contributed by atoms with Gasteiger partial charge in [0.15, 0.2) is 0 Å². The zero-order chi connectivity index (χ0) is 13.4. The maximum Gasteiger partial charge on any atom is 0.120 e. The van der Waals surface area contributed by atoms with Gasteiger partial charge in [0.2, 0.25) is 0 Å². The number of thiazole rings is 1. The molecule has 20 heavy (non-hydrogen) atoms. The van der Waals surface area contributed by atoms with Gasteiger partial charge in [-0.15, -0.1) is 11.3 Å². The standard InChI is InChI=1S/C15H16N4S/c1-2-4-13-12(3-1)18-15(20-13)11-5-8-19(9-11)10-14-16-6-7-17-14/h1-4,6-7,11H,5,8-10H2,(H,16,17). The van der Waals surface area contributed by atoms with Gasteiger partial charge in [0, 0.05) is 24.9 Å². The Labute approximate surface area is 121 Å². The summed E-state index contributed by atoms with van der Waals surface area (Å²) in [6.45, 7) is 3.12. The molecule has 1 N–H and O–H groups in total. The van der Waals surface area contributed by atoms with E-state index in [-0.39, 0.29) is 0 Å². The second kappa shape index (κ2) is 5.00. The number of imidazole rings is 1. The zero-order valence-corrected chi connectivity index (χ0v) is 11.9. The molecule has 1 aromatic carbocycles. The molecule has 4 rings (SSSR count). The highest BCUT2D eigenvalue weighted by Gasteiger charge is 2.26. The number of hydrogen-bond donors (Lipinski definition) is 1. The van der Waals surface area contributed by atoms with Crippen molar-refractivity contribution in [3.8, 4) is 0 Å². The minimum absolute atomic E-state index is 0.572. The summed E-state index contributed by atoms with van der Waals surface area (Å²) in [7, 11) is 0. The maximum absolute atomic E-state index is 4.79. The van der Waals surface area contributed by atoms with Crippen LogP contribution >= 0.6 is 11.3 Å². The second-order valence-electron chi connectivity index (χ2n) is 5.28. The lowest BCUT2D eigenvalue weighted by molar-refractivity contribution is 0.319. The van der Waals surface area contributed by atoms with E-state index in [1.165, 1.54) is 16.1 Å². The van der Waals surface area contributed by atoms with Crippen molar-refractivity contribution in [3.05, 3.63) is 47.5 Å². The van der Waals surface area contributed by atoms with Crippen molar-refractivity contribution in [1.29, 1.82) is 0 Å². The normalized spacial score (nSPS) is 19.9. The molecule has 4 nitrogen and oxygen atoms in total. The minimum atomic E-state index is 0.572. The van der Waals surface area contributed by atoms with E-state index >= 15 is 0 Å². The van der Waals surface area contributed by atoms with E-state index in [4.69, 9.17) is 4.98 Å². The van der Waals surface area contributed by atoms with E-state index in [0.717, 1.165) is 31.0 Å². The summed E-state index contributed by atoms with van der Waals surface area (Å²) < 4.78 is 1.30. The third-order valence-electron chi connectivity index (χ3n) is 3.86. The van der Waals surface area contributed by atoms with E-state index in [1.807, 2.05) is 23.7 Å². The van der Waals surface area contributed by atoms with Crippen LogP contribution in [0.15, 0.2) is 36.7 Å². The van der Waals surface area contributed by atoms with Crippen LogP contribution in [0, 0.1) is 0 Å². The van der Waals surface area contributed by atoms with Gasteiger partial charge in [-0.3, -0.25) is 4.90 Å². The lowest BCUT2D eigenvalue weighted by atomic mass is 10.1. The van der Waals surface area contributed by atoms with Gasteiger partial charge in [-0.05, 0) is 25.1 Å². The average Bonchev–Trinajstić information content (AvgIpc) is 3.18. The lowest BCUT2D eigenvalue weighted by Gasteiger charge is -2.13. The number of nitrogens with zero attached hydrogens (tertiary/aromatic N) is 3. The van der Waals surface area contributed by atoms with Gasteiger partial charge in [-0.1, -0.05) is 12.1 Å². The summed E-state index contributed by atoms with van der Waals surface area (Å²) in [6.07, 6.45) is 4.90. The summed E-state index contributed by atoms with van der Waals surface area (Å²) in [5, 5.41) is 1.29. The Balaban J connectivity index is 1.50. The number of fused-ring (bicyclic) bond motifs is 1. The van der Waals surface area contributed by atoms with Gasteiger partial charge < -0.3 is 4.98 Å². The van der Waals surface area contributed by atoms with Crippen molar-refractivity contribution in [3.63, 3.8) is 0 Å². The first kappa shape index (κ1) is 12.1. The van der Waals surface area contributed by atoms with Crippen molar-refractivity contribution in [2.24, 2.45) is 0 Å². The molecule has 1 fully saturated rings. The van der Waals surface area contributed by atoms with Crippen LogP contribution in [0.4, 0.5) is 0 Å². The second-order valence-corrected chi connectivity index (χ2v) is 6.34. The highest BCUT2D eigenvalue weighted by molar-refractivity contribution is 7.18. The van der Waals surface area contributed by atoms with E-state index in [9.17, 15) is 0 Å². The number of H-pyrrole nitrogens is 1. The number of para-hydroxylation sites is 1. The molecular weight excluding hydrogens is 268 g/mol. The Morgan fingerprint density at radius 2 is 2.30 bits per heavy atom. The molecule has 1 atom stereocenters. The molecule has 0 spiro atoms. The number of nitrogens with one attached hydrogen (secondary N) is 1. The quantitative estimate of drug-likeness (QED) is 0.804. The predicted molar refractivity (Wildman–Crippen MR) is 80.8 cm³/mol. The molecule has 0 radical (unpaired) electrons. The van der Waals surface area contributed by atoms with E-state index in [0.29, 0.717) is 5.92 Å². The van der Waals surface area contributed by atoms with Gasteiger partial charge in [0.25, 0.3) is 0 Å². The third kappa shape index (κ3) is 2.23. The lowest BCUT2D eigenvalue weighted by Crippen LogP contribution is -2.20. The number of likely N-dealkylation sites (tertiary alicyclic amines) is 1. The smallest absolute Gasteiger partial charge is 0.120 e. The van der Waals surface area contributed by atoms with E-state index < -0.39 is 0 Å². The number of aromatic nitrogens is 3. The van der Waals surface area contributed by atoms with Crippen LogP contribution in [0.3, 0.4) is 0 Å². The van der Waals surface area contributed by atoms with Gasteiger partial charge in [0.05, 0.1) is 21.8 Å². The first-order valence-corrected chi connectivity index (χ1v) is 7.76. The topological polar surface area (TPSA) is 44.8 Å². The highest BCUT2D eigenvalue weighted by atomic mass is 32.1. The van der Waals surface area contributed by atoms with Gasteiger partial charge >= 0.3 is 0 Å². The van der Waals surface area contributed by atoms with Crippen molar-refractivity contribution in [2.45, 2.75) is 18.9 Å². The minimum Gasteiger partial charge on any atom is -0.348 e. The van der Waals surface area contributed by atoms with Crippen LogP contribution in [0.25, 0.3) is 10.2 Å². The Kier molecular flexibility index (Phi) is 3.01. The summed E-state index contributed by atoms with van der Waals surface area (Å²) >= 11 is 1.84. The van der Waals surface area contributed by atoms with Gasteiger partial charge in [-0.2, -0.15) is 0 Å². The van der Waals surface area contributed by atoms with E-state index in [2.05, 4.69) is 39.1 Å².